The van der Waals surface area contributed by atoms with Crippen LogP contribution in [0, 0.1) is 6.92 Å². The van der Waals surface area contributed by atoms with Crippen LogP contribution in [-0.2, 0) is 16.2 Å². The molecule has 4 amide bonds. The van der Waals surface area contributed by atoms with Crippen LogP contribution in [-0.4, -0.2) is 47.0 Å². The maximum Gasteiger partial charge on any atom is 0.371 e. The van der Waals surface area contributed by atoms with E-state index in [-0.39, 0.29) is 18.1 Å². The van der Waals surface area contributed by atoms with E-state index < -0.39 is 30.4 Å². The zero-order chi connectivity index (χ0) is 27.2. The summed E-state index contributed by atoms with van der Waals surface area (Å²) >= 11 is 0. The van der Waals surface area contributed by atoms with Gasteiger partial charge in [0.25, 0.3) is 5.91 Å². The van der Waals surface area contributed by atoms with Crippen LogP contribution in [0.4, 0.5) is 10.5 Å². The number of amides is 4. The first-order valence-corrected chi connectivity index (χ1v) is 11.7. The van der Waals surface area contributed by atoms with Crippen LogP contribution in [0.3, 0.4) is 0 Å². The highest BCUT2D eigenvalue weighted by molar-refractivity contribution is 6.16. The number of carboxylic acid groups (broad SMARTS) is 1. The van der Waals surface area contributed by atoms with Crippen LogP contribution in [0.2, 0.25) is 0 Å². The van der Waals surface area contributed by atoms with E-state index in [4.69, 9.17) is 19.0 Å². The standard InChI is InChI=1S/C27H25N3O8/c1-3-36-23-13-17(7-9-21(23)37-15-19-8-10-22(38-19)26(33)34)12-20-25(32)30(27(35)29-20)14-24(31)28-18-6-4-5-16(2)11-18/h4-13H,3,14-15H2,1-2H3,(H,28,31)(H,29,35)(H,33,34). The first-order chi connectivity index (χ1) is 18.2. The summed E-state index contributed by atoms with van der Waals surface area (Å²) in [7, 11) is 0. The van der Waals surface area contributed by atoms with Crippen LogP contribution < -0.4 is 20.1 Å². The van der Waals surface area contributed by atoms with Crippen LogP contribution in [0.25, 0.3) is 6.08 Å². The third kappa shape index (κ3) is 6.19. The molecule has 1 fully saturated rings. The maximum atomic E-state index is 12.8. The molecule has 11 nitrogen and oxygen atoms in total. The molecule has 1 aliphatic rings. The smallest absolute Gasteiger partial charge is 0.371 e. The molecule has 1 aromatic heterocycles. The van der Waals surface area contributed by atoms with Crippen molar-refractivity contribution in [2.24, 2.45) is 0 Å². The molecule has 1 saturated heterocycles. The number of hydrogen-bond acceptors (Lipinski definition) is 7. The molecule has 4 rings (SSSR count). The lowest BCUT2D eigenvalue weighted by Crippen LogP contribution is -2.38. The SMILES string of the molecule is CCOc1cc(C=C2NC(=O)N(CC(=O)Nc3cccc(C)c3)C2=O)ccc1OCc1ccc(C(=O)O)o1. The second-order valence-corrected chi connectivity index (χ2v) is 8.30. The van der Waals surface area contributed by atoms with Crippen LogP contribution in [0.1, 0.15) is 34.4 Å². The lowest BCUT2D eigenvalue weighted by Gasteiger charge is -2.12. The van der Waals surface area contributed by atoms with E-state index in [9.17, 15) is 19.2 Å². The summed E-state index contributed by atoms with van der Waals surface area (Å²) in [4.78, 5) is 49.5. The number of benzene rings is 2. The lowest BCUT2D eigenvalue weighted by atomic mass is 10.1. The summed E-state index contributed by atoms with van der Waals surface area (Å²) in [5.74, 6) is -1.45. The zero-order valence-electron chi connectivity index (χ0n) is 20.6. The van der Waals surface area contributed by atoms with Gasteiger partial charge in [0.05, 0.1) is 6.61 Å². The maximum absolute atomic E-state index is 12.8. The fourth-order valence-electron chi connectivity index (χ4n) is 3.67. The highest BCUT2D eigenvalue weighted by atomic mass is 16.5. The number of hydrogen-bond donors (Lipinski definition) is 3. The number of aromatic carboxylic acids is 1. The van der Waals surface area contributed by atoms with Crippen molar-refractivity contribution in [3.63, 3.8) is 0 Å². The molecule has 0 atom stereocenters. The van der Waals surface area contributed by atoms with Gasteiger partial charge in [-0.15, -0.1) is 0 Å². The number of imide groups is 1. The van der Waals surface area contributed by atoms with Crippen molar-refractivity contribution in [2.75, 3.05) is 18.5 Å². The van der Waals surface area contributed by atoms with E-state index in [0.717, 1.165) is 10.5 Å². The van der Waals surface area contributed by atoms with E-state index in [0.29, 0.717) is 35.1 Å². The molecule has 1 aliphatic heterocycles. The number of furan rings is 1. The van der Waals surface area contributed by atoms with Crippen LogP contribution in [0.5, 0.6) is 11.5 Å². The minimum absolute atomic E-state index is 0.00579. The molecule has 0 saturated carbocycles. The number of nitrogens with zero attached hydrogens (tertiary/aromatic N) is 1. The predicted octanol–water partition coefficient (Wildman–Crippen LogP) is 3.80. The van der Waals surface area contributed by atoms with Gasteiger partial charge < -0.3 is 29.6 Å². The summed E-state index contributed by atoms with van der Waals surface area (Å²) < 4.78 is 16.6. The molecule has 0 radical (unpaired) electrons. The highest BCUT2D eigenvalue weighted by Gasteiger charge is 2.35. The molecule has 0 spiro atoms. The van der Waals surface area contributed by atoms with Gasteiger partial charge in [-0.25, -0.2) is 14.5 Å². The van der Waals surface area contributed by atoms with Crippen molar-refractivity contribution in [1.82, 2.24) is 10.2 Å². The monoisotopic (exact) mass is 519 g/mol. The minimum atomic E-state index is -1.18. The molecule has 0 bridgehead atoms. The summed E-state index contributed by atoms with van der Waals surface area (Å²) in [6, 6.07) is 14.2. The van der Waals surface area contributed by atoms with E-state index in [2.05, 4.69) is 10.6 Å². The second kappa shape index (κ2) is 11.3. The summed E-state index contributed by atoms with van der Waals surface area (Å²) in [5.41, 5.74) is 2.07. The van der Waals surface area contributed by atoms with Crippen molar-refractivity contribution in [1.29, 1.82) is 0 Å². The van der Waals surface area contributed by atoms with Gasteiger partial charge in [-0.3, -0.25) is 9.59 Å². The summed E-state index contributed by atoms with van der Waals surface area (Å²) in [6.07, 6.45) is 1.47. The summed E-state index contributed by atoms with van der Waals surface area (Å²) in [5, 5.41) is 14.1. The largest absolute Gasteiger partial charge is 0.490 e. The Morgan fingerprint density at radius 1 is 1.08 bits per heavy atom. The van der Waals surface area contributed by atoms with Gasteiger partial charge in [0, 0.05) is 5.69 Å². The topological polar surface area (TPSA) is 147 Å². The van der Waals surface area contributed by atoms with E-state index >= 15 is 0 Å². The Bertz CT molecular complexity index is 1430. The average Bonchev–Trinajstić information content (AvgIpc) is 3.45. The van der Waals surface area contributed by atoms with Crippen molar-refractivity contribution in [3.8, 4) is 11.5 Å². The Kier molecular flexibility index (Phi) is 7.76. The van der Waals surface area contributed by atoms with Crippen molar-refractivity contribution >= 4 is 35.6 Å². The zero-order valence-corrected chi connectivity index (χ0v) is 20.6. The Morgan fingerprint density at radius 2 is 1.89 bits per heavy atom. The number of aryl methyl sites for hydroxylation is 1. The molecule has 0 aliphatic carbocycles. The van der Waals surface area contributed by atoms with E-state index in [1.165, 1.54) is 18.2 Å². The number of carbonyl (C=O) groups is 4. The fraction of sp³-hybridized carbons (Fsp3) is 0.185. The van der Waals surface area contributed by atoms with Gasteiger partial charge in [0.1, 0.15) is 24.6 Å². The van der Waals surface area contributed by atoms with Crippen molar-refractivity contribution < 1.29 is 38.2 Å². The van der Waals surface area contributed by atoms with Gasteiger partial charge >= 0.3 is 12.0 Å². The van der Waals surface area contributed by atoms with Gasteiger partial charge in [0.2, 0.25) is 11.7 Å². The molecule has 11 heteroatoms. The normalized spacial score (nSPS) is 13.9. The van der Waals surface area contributed by atoms with Gasteiger partial charge in [-0.2, -0.15) is 0 Å². The molecule has 3 N–H and O–H groups in total. The minimum Gasteiger partial charge on any atom is -0.490 e. The third-order valence-electron chi connectivity index (χ3n) is 5.39. The summed E-state index contributed by atoms with van der Waals surface area (Å²) in [6.45, 7) is 3.54. The van der Waals surface area contributed by atoms with E-state index in [1.807, 2.05) is 13.0 Å². The van der Waals surface area contributed by atoms with Gasteiger partial charge in [-0.1, -0.05) is 18.2 Å². The Labute approximate surface area is 217 Å². The molecular formula is C27H25N3O8. The second-order valence-electron chi connectivity index (χ2n) is 8.30. The molecule has 2 aromatic carbocycles. The number of anilines is 1. The Morgan fingerprint density at radius 3 is 2.61 bits per heavy atom. The molecule has 0 unspecified atom stereocenters. The first kappa shape index (κ1) is 26.0. The number of carboxylic acids is 1. The van der Waals surface area contributed by atoms with Crippen LogP contribution in [0.15, 0.2) is 64.7 Å². The predicted molar refractivity (Wildman–Crippen MR) is 136 cm³/mol. The van der Waals surface area contributed by atoms with Gasteiger partial charge in [-0.05, 0) is 67.4 Å². The van der Waals surface area contributed by atoms with Gasteiger partial charge in [0.15, 0.2) is 11.5 Å². The Hall–Kier alpha value is -5.06. The van der Waals surface area contributed by atoms with E-state index in [1.54, 1.807) is 43.3 Å². The Balaban J connectivity index is 1.44. The molecule has 2 heterocycles. The number of rotatable bonds is 10. The molecule has 3 aromatic rings. The first-order valence-electron chi connectivity index (χ1n) is 11.7. The number of nitrogens with one attached hydrogen (secondary N) is 2. The molecular weight excluding hydrogens is 494 g/mol. The number of urea groups is 1. The number of carbonyl (C=O) groups excluding carboxylic acids is 3. The average molecular weight is 520 g/mol. The fourth-order valence-corrected chi connectivity index (χ4v) is 3.67. The molecule has 38 heavy (non-hydrogen) atoms. The quantitative estimate of drug-likeness (QED) is 0.271. The van der Waals surface area contributed by atoms with Crippen LogP contribution >= 0.6 is 0 Å². The molecule has 196 valence electrons. The number of ether oxygens (including phenoxy) is 2. The third-order valence-corrected chi connectivity index (χ3v) is 5.39. The van der Waals surface area contributed by atoms with Crippen molar-refractivity contribution in [3.05, 3.63) is 82.9 Å². The highest BCUT2D eigenvalue weighted by Crippen LogP contribution is 2.30. The van der Waals surface area contributed by atoms with Crippen molar-refractivity contribution in [2.45, 2.75) is 20.5 Å². The lowest BCUT2D eigenvalue weighted by molar-refractivity contribution is -0.127.